The van der Waals surface area contributed by atoms with Gasteiger partial charge in [0.25, 0.3) is 0 Å². The maximum absolute atomic E-state index is 12.1. The standard InChI is InChI=1S/C15H17F3N4S/c1-19-14(20-8-7-15(16,17)18)21-9-12-10-23-13(22-12)11-5-3-2-4-6-11/h2-6,10H,7-9H2,1H3,(H2,19,20,21). The van der Waals surface area contributed by atoms with Gasteiger partial charge in [0.2, 0.25) is 0 Å². The van der Waals surface area contributed by atoms with Gasteiger partial charge in [-0.3, -0.25) is 4.99 Å². The molecule has 0 aliphatic rings. The third-order valence-corrected chi connectivity index (χ3v) is 3.87. The highest BCUT2D eigenvalue weighted by atomic mass is 32.1. The highest BCUT2D eigenvalue weighted by Gasteiger charge is 2.26. The molecule has 4 nitrogen and oxygen atoms in total. The lowest BCUT2D eigenvalue weighted by Crippen LogP contribution is -2.38. The van der Waals surface area contributed by atoms with Crippen LogP contribution in [0.2, 0.25) is 0 Å². The lowest BCUT2D eigenvalue weighted by Gasteiger charge is -2.12. The van der Waals surface area contributed by atoms with E-state index in [-0.39, 0.29) is 6.54 Å². The summed E-state index contributed by atoms with van der Waals surface area (Å²) in [5.74, 6) is 0.323. The monoisotopic (exact) mass is 342 g/mol. The molecule has 0 spiro atoms. The molecule has 124 valence electrons. The number of guanidine groups is 1. The number of alkyl halides is 3. The molecule has 2 rings (SSSR count). The number of aromatic nitrogens is 1. The molecule has 1 heterocycles. The van der Waals surface area contributed by atoms with Crippen LogP contribution in [-0.2, 0) is 6.54 Å². The highest BCUT2D eigenvalue weighted by Crippen LogP contribution is 2.23. The number of rotatable bonds is 5. The molecule has 0 saturated carbocycles. The van der Waals surface area contributed by atoms with Crippen LogP contribution in [0.1, 0.15) is 12.1 Å². The Morgan fingerprint density at radius 1 is 1.22 bits per heavy atom. The smallest absolute Gasteiger partial charge is 0.356 e. The summed E-state index contributed by atoms with van der Waals surface area (Å²) >= 11 is 1.52. The van der Waals surface area contributed by atoms with Crippen molar-refractivity contribution in [2.75, 3.05) is 13.6 Å². The van der Waals surface area contributed by atoms with E-state index in [2.05, 4.69) is 20.6 Å². The molecule has 0 fully saturated rings. The molecule has 1 aromatic carbocycles. The zero-order chi connectivity index (χ0) is 16.7. The van der Waals surface area contributed by atoms with Crippen molar-refractivity contribution < 1.29 is 13.2 Å². The number of aliphatic imine (C=N–C) groups is 1. The van der Waals surface area contributed by atoms with Crippen molar-refractivity contribution in [3.63, 3.8) is 0 Å². The molecule has 2 N–H and O–H groups in total. The first-order valence-corrected chi connectivity index (χ1v) is 7.87. The number of nitrogens with one attached hydrogen (secondary N) is 2. The molecule has 0 atom stereocenters. The topological polar surface area (TPSA) is 49.3 Å². The van der Waals surface area contributed by atoms with E-state index < -0.39 is 12.6 Å². The largest absolute Gasteiger partial charge is 0.390 e. The van der Waals surface area contributed by atoms with Gasteiger partial charge in [-0.05, 0) is 0 Å². The minimum Gasteiger partial charge on any atom is -0.356 e. The molecule has 0 amide bonds. The number of benzene rings is 1. The lowest BCUT2D eigenvalue weighted by atomic mass is 10.2. The number of nitrogens with zero attached hydrogens (tertiary/aromatic N) is 2. The Bertz CT molecular complexity index is 638. The third-order valence-electron chi connectivity index (χ3n) is 2.93. The quantitative estimate of drug-likeness (QED) is 0.646. The van der Waals surface area contributed by atoms with Crippen LogP contribution in [0, 0.1) is 0 Å². The number of halogens is 3. The molecule has 0 bridgehead atoms. The summed E-state index contributed by atoms with van der Waals surface area (Å²) in [6.45, 7) is 0.185. The van der Waals surface area contributed by atoms with Crippen LogP contribution in [0.3, 0.4) is 0 Å². The van der Waals surface area contributed by atoms with Gasteiger partial charge in [0.05, 0.1) is 18.7 Å². The van der Waals surface area contributed by atoms with E-state index in [0.29, 0.717) is 12.5 Å². The van der Waals surface area contributed by atoms with Gasteiger partial charge < -0.3 is 10.6 Å². The van der Waals surface area contributed by atoms with Crippen molar-refractivity contribution >= 4 is 17.3 Å². The summed E-state index contributed by atoms with van der Waals surface area (Å²) in [6.07, 6.45) is -5.08. The SMILES string of the molecule is CN=C(NCCC(F)(F)F)NCc1csc(-c2ccccc2)n1. The van der Waals surface area contributed by atoms with Gasteiger partial charge in [-0.15, -0.1) is 11.3 Å². The fraction of sp³-hybridized carbons (Fsp3) is 0.333. The van der Waals surface area contributed by atoms with E-state index in [1.165, 1.54) is 18.4 Å². The second kappa shape index (κ2) is 7.96. The van der Waals surface area contributed by atoms with Crippen LogP contribution in [0.5, 0.6) is 0 Å². The summed E-state index contributed by atoms with van der Waals surface area (Å²) in [6, 6.07) is 9.79. The maximum atomic E-state index is 12.1. The fourth-order valence-electron chi connectivity index (χ4n) is 1.82. The van der Waals surface area contributed by atoms with Crippen LogP contribution < -0.4 is 10.6 Å². The Morgan fingerprint density at radius 3 is 2.61 bits per heavy atom. The van der Waals surface area contributed by atoms with Crippen LogP contribution in [0.4, 0.5) is 13.2 Å². The molecular formula is C15H17F3N4S. The normalized spacial score (nSPS) is 12.3. The first kappa shape index (κ1) is 17.3. The molecule has 1 aromatic heterocycles. The van der Waals surface area contributed by atoms with Crippen molar-refractivity contribution in [3.8, 4) is 10.6 Å². The van der Waals surface area contributed by atoms with E-state index in [9.17, 15) is 13.2 Å². The average molecular weight is 342 g/mol. The fourth-order valence-corrected chi connectivity index (χ4v) is 2.64. The maximum Gasteiger partial charge on any atom is 0.390 e. The predicted molar refractivity (Wildman–Crippen MR) is 86.4 cm³/mol. The third kappa shape index (κ3) is 5.90. The molecule has 0 saturated heterocycles. The summed E-state index contributed by atoms with van der Waals surface area (Å²) in [7, 11) is 1.51. The lowest BCUT2D eigenvalue weighted by molar-refractivity contribution is -0.132. The Hall–Kier alpha value is -2.09. The second-order valence-electron chi connectivity index (χ2n) is 4.73. The Labute approximate surface area is 136 Å². The van der Waals surface area contributed by atoms with Gasteiger partial charge in [-0.1, -0.05) is 30.3 Å². The summed E-state index contributed by atoms with van der Waals surface area (Å²) in [4.78, 5) is 8.39. The van der Waals surface area contributed by atoms with E-state index in [4.69, 9.17) is 0 Å². The van der Waals surface area contributed by atoms with Crippen LogP contribution in [0.15, 0.2) is 40.7 Å². The molecular weight excluding hydrogens is 325 g/mol. The van der Waals surface area contributed by atoms with Crippen LogP contribution >= 0.6 is 11.3 Å². The predicted octanol–water partition coefficient (Wildman–Crippen LogP) is 3.43. The molecule has 0 radical (unpaired) electrons. The number of thiazole rings is 1. The first-order valence-electron chi connectivity index (χ1n) is 6.99. The van der Waals surface area contributed by atoms with Gasteiger partial charge in [-0.2, -0.15) is 13.2 Å². The van der Waals surface area contributed by atoms with Crippen molar-refractivity contribution in [1.29, 1.82) is 0 Å². The van der Waals surface area contributed by atoms with Gasteiger partial charge >= 0.3 is 6.18 Å². The average Bonchev–Trinajstić information content (AvgIpc) is 2.99. The number of hydrogen-bond donors (Lipinski definition) is 2. The van der Waals surface area contributed by atoms with Gasteiger partial charge in [-0.25, -0.2) is 4.98 Å². The van der Waals surface area contributed by atoms with Gasteiger partial charge in [0, 0.05) is 24.5 Å². The zero-order valence-electron chi connectivity index (χ0n) is 12.5. The zero-order valence-corrected chi connectivity index (χ0v) is 13.3. The van der Waals surface area contributed by atoms with Crippen molar-refractivity contribution in [3.05, 3.63) is 41.4 Å². The van der Waals surface area contributed by atoms with E-state index in [1.807, 2.05) is 35.7 Å². The highest BCUT2D eigenvalue weighted by molar-refractivity contribution is 7.13. The van der Waals surface area contributed by atoms with Crippen LogP contribution in [0.25, 0.3) is 10.6 Å². The Kier molecular flexibility index (Phi) is 5.97. The van der Waals surface area contributed by atoms with Gasteiger partial charge in [0.1, 0.15) is 5.01 Å². The second-order valence-corrected chi connectivity index (χ2v) is 5.59. The Balaban J connectivity index is 1.84. The van der Waals surface area contributed by atoms with Crippen molar-refractivity contribution in [1.82, 2.24) is 15.6 Å². The summed E-state index contributed by atoms with van der Waals surface area (Å²) in [5.41, 5.74) is 1.85. The Morgan fingerprint density at radius 2 is 1.96 bits per heavy atom. The number of hydrogen-bond acceptors (Lipinski definition) is 3. The minimum absolute atomic E-state index is 0.213. The first-order chi connectivity index (χ1) is 11.0. The minimum atomic E-state index is -4.18. The molecule has 8 heteroatoms. The molecule has 0 unspecified atom stereocenters. The van der Waals surface area contributed by atoms with E-state index in [0.717, 1.165) is 16.3 Å². The van der Waals surface area contributed by atoms with Crippen molar-refractivity contribution in [2.45, 2.75) is 19.1 Å². The van der Waals surface area contributed by atoms with Crippen LogP contribution in [-0.4, -0.2) is 30.7 Å². The molecule has 23 heavy (non-hydrogen) atoms. The molecule has 0 aliphatic heterocycles. The molecule has 0 aliphatic carbocycles. The van der Waals surface area contributed by atoms with Gasteiger partial charge in [0.15, 0.2) is 5.96 Å². The van der Waals surface area contributed by atoms with Crippen molar-refractivity contribution in [2.24, 2.45) is 4.99 Å². The van der Waals surface area contributed by atoms with E-state index in [1.54, 1.807) is 0 Å². The van der Waals surface area contributed by atoms with E-state index >= 15 is 0 Å². The molecule has 2 aromatic rings. The summed E-state index contributed by atoms with van der Waals surface area (Å²) < 4.78 is 36.3. The summed E-state index contributed by atoms with van der Waals surface area (Å²) in [5, 5.41) is 8.40.